The Bertz CT molecular complexity index is 1100. The largest absolute Gasteiger partial charge is 0.490 e. The number of carbonyl (C=O) groups is 1. The van der Waals surface area contributed by atoms with Crippen molar-refractivity contribution in [3.63, 3.8) is 0 Å². The molecule has 1 atom stereocenters. The predicted molar refractivity (Wildman–Crippen MR) is 122 cm³/mol. The molecule has 6 heteroatoms. The van der Waals surface area contributed by atoms with Crippen molar-refractivity contribution in [2.24, 2.45) is 0 Å². The monoisotopic (exact) mass is 441 g/mol. The number of carboxylic acids is 1. The summed E-state index contributed by atoms with van der Waals surface area (Å²) in [5, 5.41) is 13.6. The normalized spacial score (nSPS) is 16.3. The molecular formula is C26H32FNO4. The summed E-state index contributed by atoms with van der Waals surface area (Å²) in [5.41, 5.74) is 7.41. The number of rotatable bonds is 4. The molecule has 1 unspecified atom stereocenters. The number of hydrogen-bond acceptors (Lipinski definition) is 4. The smallest absolute Gasteiger partial charge is 0.337 e. The average molecular weight is 442 g/mol. The van der Waals surface area contributed by atoms with Gasteiger partial charge in [0.15, 0.2) is 17.7 Å². The second-order valence-corrected chi connectivity index (χ2v) is 9.84. The van der Waals surface area contributed by atoms with Crippen molar-refractivity contribution in [1.29, 1.82) is 0 Å². The molecular weight excluding hydrogens is 409 g/mol. The molecule has 0 aromatic heterocycles. The lowest BCUT2D eigenvalue weighted by molar-refractivity contribution is -0.160. The summed E-state index contributed by atoms with van der Waals surface area (Å²) in [6.07, 6.45) is 0.414. The molecule has 0 aliphatic carbocycles. The lowest BCUT2D eigenvalue weighted by atomic mass is 9.81. The van der Waals surface area contributed by atoms with Gasteiger partial charge < -0.3 is 19.9 Å². The van der Waals surface area contributed by atoms with Crippen LogP contribution in [0.5, 0.6) is 5.75 Å². The summed E-state index contributed by atoms with van der Waals surface area (Å²) in [7, 11) is 0. The van der Waals surface area contributed by atoms with Gasteiger partial charge in [0.2, 0.25) is 0 Å². The van der Waals surface area contributed by atoms with Crippen molar-refractivity contribution < 1.29 is 23.8 Å². The van der Waals surface area contributed by atoms with E-state index in [4.69, 9.17) is 9.47 Å². The fourth-order valence-corrected chi connectivity index (χ4v) is 5.13. The van der Waals surface area contributed by atoms with Crippen LogP contribution in [-0.2, 0) is 29.0 Å². The van der Waals surface area contributed by atoms with Gasteiger partial charge in [-0.15, -0.1) is 0 Å². The summed E-state index contributed by atoms with van der Waals surface area (Å²) >= 11 is 0. The summed E-state index contributed by atoms with van der Waals surface area (Å²) in [6.45, 7) is 13.4. The zero-order valence-corrected chi connectivity index (χ0v) is 19.7. The molecule has 2 N–H and O–H groups in total. The van der Waals surface area contributed by atoms with Crippen LogP contribution in [0.1, 0.15) is 72.2 Å². The highest BCUT2D eigenvalue weighted by Crippen LogP contribution is 2.45. The van der Waals surface area contributed by atoms with E-state index in [1.165, 1.54) is 6.07 Å². The first-order chi connectivity index (χ1) is 15.0. The number of nitrogens with one attached hydrogen (secondary N) is 1. The van der Waals surface area contributed by atoms with Crippen molar-refractivity contribution in [1.82, 2.24) is 5.32 Å². The van der Waals surface area contributed by atoms with Crippen LogP contribution >= 0.6 is 0 Å². The van der Waals surface area contributed by atoms with E-state index in [0.717, 1.165) is 57.3 Å². The zero-order chi connectivity index (χ0) is 23.4. The van der Waals surface area contributed by atoms with Crippen LogP contribution < -0.4 is 10.1 Å². The van der Waals surface area contributed by atoms with Gasteiger partial charge in [-0.3, -0.25) is 0 Å². The molecule has 2 aliphatic rings. The third kappa shape index (κ3) is 3.80. The van der Waals surface area contributed by atoms with Crippen molar-refractivity contribution in [2.75, 3.05) is 6.61 Å². The Balaban J connectivity index is 2.06. The Morgan fingerprint density at radius 2 is 1.78 bits per heavy atom. The molecule has 0 bridgehead atoms. The van der Waals surface area contributed by atoms with E-state index in [2.05, 4.69) is 5.32 Å². The Kier molecular flexibility index (Phi) is 5.80. The highest BCUT2D eigenvalue weighted by atomic mass is 19.1. The lowest BCUT2D eigenvalue weighted by Crippen LogP contribution is -2.29. The van der Waals surface area contributed by atoms with E-state index < -0.39 is 23.5 Å². The summed E-state index contributed by atoms with van der Waals surface area (Å²) in [6, 6.07) is 1.51. The molecule has 0 amide bonds. The minimum Gasteiger partial charge on any atom is -0.490 e. The predicted octanol–water partition coefficient (Wildman–Crippen LogP) is 5.29. The SMILES string of the molecule is Cc1c(-c2c(C)c3c(c(C)c2C(OC(C)(C)C)C(=O)O)CNC3)cc(F)c2c1CCCO2. The maximum Gasteiger partial charge on any atom is 0.337 e. The highest BCUT2D eigenvalue weighted by Gasteiger charge is 2.35. The van der Waals surface area contributed by atoms with Crippen LogP contribution in [0.25, 0.3) is 11.1 Å². The summed E-state index contributed by atoms with van der Waals surface area (Å²) in [4.78, 5) is 12.5. The van der Waals surface area contributed by atoms with E-state index in [0.29, 0.717) is 31.0 Å². The number of carboxylic acid groups (broad SMARTS) is 1. The number of hydrogen-bond donors (Lipinski definition) is 2. The molecule has 2 heterocycles. The van der Waals surface area contributed by atoms with E-state index in [9.17, 15) is 9.90 Å². The van der Waals surface area contributed by atoms with Gasteiger partial charge in [0.1, 0.15) is 0 Å². The van der Waals surface area contributed by atoms with Crippen molar-refractivity contribution in [3.8, 4) is 16.9 Å². The van der Waals surface area contributed by atoms with Gasteiger partial charge >= 0.3 is 5.97 Å². The summed E-state index contributed by atoms with van der Waals surface area (Å²) in [5.74, 6) is -1.11. The molecule has 0 saturated heterocycles. The minimum absolute atomic E-state index is 0.331. The fraction of sp³-hybridized carbons (Fsp3) is 0.500. The van der Waals surface area contributed by atoms with E-state index in [-0.39, 0.29) is 0 Å². The second-order valence-electron chi connectivity index (χ2n) is 9.84. The maximum absolute atomic E-state index is 15.2. The molecule has 0 radical (unpaired) electrons. The Morgan fingerprint density at radius 3 is 2.41 bits per heavy atom. The number of fused-ring (bicyclic) bond motifs is 2. The van der Waals surface area contributed by atoms with Crippen LogP contribution in [0.2, 0.25) is 0 Å². The first kappa shape index (κ1) is 22.7. The quantitative estimate of drug-likeness (QED) is 0.675. The fourth-order valence-electron chi connectivity index (χ4n) is 5.13. The van der Waals surface area contributed by atoms with E-state index >= 15 is 4.39 Å². The van der Waals surface area contributed by atoms with Gasteiger partial charge in [0, 0.05) is 24.2 Å². The topological polar surface area (TPSA) is 67.8 Å². The molecule has 2 aliphatic heterocycles. The Labute approximate surface area is 188 Å². The maximum atomic E-state index is 15.2. The lowest BCUT2D eigenvalue weighted by Gasteiger charge is -2.31. The molecule has 172 valence electrons. The molecule has 4 rings (SSSR count). The van der Waals surface area contributed by atoms with Crippen LogP contribution in [-0.4, -0.2) is 23.3 Å². The third-order valence-corrected chi connectivity index (χ3v) is 6.58. The minimum atomic E-state index is -1.16. The molecule has 0 spiro atoms. The van der Waals surface area contributed by atoms with Crippen LogP contribution in [0.3, 0.4) is 0 Å². The van der Waals surface area contributed by atoms with Crippen molar-refractivity contribution in [2.45, 2.75) is 79.2 Å². The van der Waals surface area contributed by atoms with Gasteiger partial charge in [-0.2, -0.15) is 0 Å². The van der Waals surface area contributed by atoms with Gasteiger partial charge in [0.25, 0.3) is 0 Å². The standard InChI is InChI=1S/C26H32FNO4/c1-13-16-8-7-9-31-23(16)20(27)10-17(13)21-14(2)18-11-28-12-19(18)15(3)22(21)24(25(29)30)32-26(4,5)6/h10,24,28H,7-9,11-12H2,1-6H3,(H,29,30). The van der Waals surface area contributed by atoms with Crippen molar-refractivity contribution >= 4 is 5.97 Å². The van der Waals surface area contributed by atoms with Crippen LogP contribution in [0.15, 0.2) is 6.07 Å². The second kappa shape index (κ2) is 8.16. The number of ether oxygens (including phenoxy) is 2. The summed E-state index contributed by atoms with van der Waals surface area (Å²) < 4.78 is 26.9. The zero-order valence-electron chi connectivity index (χ0n) is 19.7. The number of halogens is 1. The Hall–Kier alpha value is -2.44. The molecule has 2 aromatic carbocycles. The highest BCUT2D eigenvalue weighted by molar-refractivity contribution is 5.85. The van der Waals surface area contributed by atoms with E-state index in [1.54, 1.807) is 0 Å². The van der Waals surface area contributed by atoms with Crippen LogP contribution in [0, 0.1) is 26.6 Å². The van der Waals surface area contributed by atoms with Crippen molar-refractivity contribution in [3.05, 3.63) is 50.8 Å². The van der Waals surface area contributed by atoms with Gasteiger partial charge in [-0.05, 0) is 99.4 Å². The van der Waals surface area contributed by atoms with Gasteiger partial charge in [-0.25, -0.2) is 9.18 Å². The Morgan fingerprint density at radius 1 is 1.12 bits per heavy atom. The number of benzene rings is 2. The number of aliphatic carboxylic acids is 1. The molecule has 2 aromatic rings. The van der Waals surface area contributed by atoms with E-state index in [1.807, 2.05) is 41.5 Å². The first-order valence-corrected chi connectivity index (χ1v) is 11.2. The van der Waals surface area contributed by atoms with Gasteiger partial charge in [-0.1, -0.05) is 0 Å². The third-order valence-electron chi connectivity index (χ3n) is 6.58. The first-order valence-electron chi connectivity index (χ1n) is 11.2. The molecule has 32 heavy (non-hydrogen) atoms. The van der Waals surface area contributed by atoms with Crippen LogP contribution in [0.4, 0.5) is 4.39 Å². The average Bonchev–Trinajstić information content (AvgIpc) is 3.22. The van der Waals surface area contributed by atoms with Gasteiger partial charge in [0.05, 0.1) is 12.2 Å². The molecule has 0 saturated carbocycles. The molecule has 5 nitrogen and oxygen atoms in total. The molecule has 0 fully saturated rings.